The summed E-state index contributed by atoms with van der Waals surface area (Å²) in [5.74, 6) is 0. The lowest BCUT2D eigenvalue weighted by atomic mass is 10.1. The molecule has 1 unspecified atom stereocenters. The molecular formula is C16H31F3N2O2. The van der Waals surface area contributed by atoms with Crippen molar-refractivity contribution >= 4 is 6.09 Å². The summed E-state index contributed by atoms with van der Waals surface area (Å²) in [4.78, 5) is 13.6. The summed E-state index contributed by atoms with van der Waals surface area (Å²) in [5.41, 5.74) is -0.518. The fourth-order valence-electron chi connectivity index (χ4n) is 2.03. The van der Waals surface area contributed by atoms with Crippen LogP contribution in [0.25, 0.3) is 0 Å². The molecule has 23 heavy (non-hydrogen) atoms. The van der Waals surface area contributed by atoms with Gasteiger partial charge in [-0.05, 0) is 60.4 Å². The summed E-state index contributed by atoms with van der Waals surface area (Å²) >= 11 is 0. The van der Waals surface area contributed by atoms with Crippen LogP contribution in [0, 0.1) is 0 Å². The van der Waals surface area contributed by atoms with E-state index in [9.17, 15) is 18.0 Å². The van der Waals surface area contributed by atoms with Gasteiger partial charge in [-0.2, -0.15) is 13.2 Å². The predicted octanol–water partition coefficient (Wildman–Crippen LogP) is 4.34. The molecule has 0 bridgehead atoms. The topological polar surface area (TPSA) is 41.6 Å². The van der Waals surface area contributed by atoms with Gasteiger partial charge in [-0.15, -0.1) is 0 Å². The quantitative estimate of drug-likeness (QED) is 0.635. The zero-order valence-corrected chi connectivity index (χ0v) is 14.9. The smallest absolute Gasteiger partial charge is 0.410 e. The lowest BCUT2D eigenvalue weighted by Gasteiger charge is -2.26. The first-order valence-electron chi connectivity index (χ1n) is 8.22. The molecule has 0 spiro atoms. The lowest BCUT2D eigenvalue weighted by molar-refractivity contribution is -0.135. The molecule has 0 aliphatic heterocycles. The number of nitrogens with zero attached hydrogens (tertiary/aromatic N) is 1. The molecule has 0 radical (unpaired) electrons. The van der Waals surface area contributed by atoms with Gasteiger partial charge in [-0.25, -0.2) is 4.79 Å². The summed E-state index contributed by atoms with van der Waals surface area (Å²) in [6.45, 7) is 11.0. The number of carbonyl (C=O) groups is 1. The van der Waals surface area contributed by atoms with Crippen molar-refractivity contribution in [2.45, 2.75) is 78.1 Å². The van der Waals surface area contributed by atoms with Crippen LogP contribution in [0.2, 0.25) is 0 Å². The van der Waals surface area contributed by atoms with Gasteiger partial charge in [0.2, 0.25) is 0 Å². The Kier molecular flexibility index (Phi) is 9.58. The highest BCUT2D eigenvalue weighted by atomic mass is 19.4. The third-order valence-corrected chi connectivity index (χ3v) is 3.23. The second kappa shape index (κ2) is 10.0. The van der Waals surface area contributed by atoms with E-state index in [4.69, 9.17) is 4.74 Å². The van der Waals surface area contributed by atoms with Crippen molar-refractivity contribution in [2.75, 3.05) is 19.6 Å². The van der Waals surface area contributed by atoms with Crippen LogP contribution in [0.3, 0.4) is 0 Å². The normalized spacial score (nSPS) is 13.7. The molecule has 0 rings (SSSR count). The first-order chi connectivity index (χ1) is 10.4. The van der Waals surface area contributed by atoms with Crippen LogP contribution in [0.1, 0.15) is 60.3 Å². The van der Waals surface area contributed by atoms with E-state index >= 15 is 0 Å². The van der Waals surface area contributed by atoms with Crippen molar-refractivity contribution in [3.63, 3.8) is 0 Å². The van der Waals surface area contributed by atoms with E-state index < -0.39 is 18.2 Å². The van der Waals surface area contributed by atoms with Crippen LogP contribution in [0.15, 0.2) is 0 Å². The molecule has 1 N–H and O–H groups in total. The molecule has 0 aromatic carbocycles. The van der Waals surface area contributed by atoms with Gasteiger partial charge >= 0.3 is 12.3 Å². The zero-order valence-electron chi connectivity index (χ0n) is 14.9. The van der Waals surface area contributed by atoms with Crippen LogP contribution in [0.5, 0.6) is 0 Å². The number of alkyl halides is 3. The van der Waals surface area contributed by atoms with Crippen LogP contribution in [0.4, 0.5) is 18.0 Å². The van der Waals surface area contributed by atoms with Crippen LogP contribution >= 0.6 is 0 Å². The van der Waals surface area contributed by atoms with Crippen molar-refractivity contribution in [1.82, 2.24) is 10.2 Å². The number of carbonyl (C=O) groups excluding carboxylic acids is 1. The average molecular weight is 340 g/mol. The van der Waals surface area contributed by atoms with E-state index in [0.29, 0.717) is 26.1 Å². The maximum Gasteiger partial charge on any atom is 0.410 e. The van der Waals surface area contributed by atoms with E-state index in [2.05, 4.69) is 5.32 Å². The van der Waals surface area contributed by atoms with E-state index in [1.807, 2.05) is 34.6 Å². The molecule has 0 aliphatic carbocycles. The second-order valence-corrected chi connectivity index (χ2v) is 6.78. The minimum atomic E-state index is -4.07. The minimum absolute atomic E-state index is 0.0361. The van der Waals surface area contributed by atoms with Gasteiger partial charge in [0.15, 0.2) is 0 Å². The van der Waals surface area contributed by atoms with E-state index in [1.54, 1.807) is 4.90 Å². The molecule has 0 heterocycles. The molecule has 1 amide bonds. The van der Waals surface area contributed by atoms with Crippen molar-refractivity contribution < 1.29 is 22.7 Å². The van der Waals surface area contributed by atoms with Gasteiger partial charge in [0, 0.05) is 25.6 Å². The Morgan fingerprint density at radius 1 is 1.22 bits per heavy atom. The van der Waals surface area contributed by atoms with Gasteiger partial charge in [-0.3, -0.25) is 0 Å². The van der Waals surface area contributed by atoms with Gasteiger partial charge in [-0.1, -0.05) is 0 Å². The molecule has 138 valence electrons. The van der Waals surface area contributed by atoms with E-state index in [1.165, 1.54) is 0 Å². The van der Waals surface area contributed by atoms with Crippen LogP contribution in [-0.4, -0.2) is 48.4 Å². The maximum atomic E-state index is 12.1. The lowest BCUT2D eigenvalue weighted by Crippen LogP contribution is -2.38. The number of ether oxygens (including phenoxy) is 1. The molecule has 0 saturated heterocycles. The highest BCUT2D eigenvalue weighted by molar-refractivity contribution is 5.68. The molecule has 4 nitrogen and oxygen atoms in total. The molecule has 0 saturated carbocycles. The molecule has 0 fully saturated rings. The third-order valence-electron chi connectivity index (χ3n) is 3.23. The highest BCUT2D eigenvalue weighted by Gasteiger charge is 2.26. The summed E-state index contributed by atoms with van der Waals surface area (Å²) in [7, 11) is 0. The Balaban J connectivity index is 3.89. The van der Waals surface area contributed by atoms with Crippen molar-refractivity contribution in [3.05, 3.63) is 0 Å². The monoisotopic (exact) mass is 340 g/mol. The predicted molar refractivity (Wildman–Crippen MR) is 85.5 cm³/mol. The zero-order chi connectivity index (χ0) is 18.1. The highest BCUT2D eigenvalue weighted by Crippen LogP contribution is 2.22. The Bertz CT molecular complexity index is 341. The molecular weight excluding hydrogens is 309 g/mol. The maximum absolute atomic E-state index is 12.1. The number of hydrogen-bond donors (Lipinski definition) is 1. The number of hydrogen-bond acceptors (Lipinski definition) is 3. The first kappa shape index (κ1) is 22.0. The van der Waals surface area contributed by atoms with Crippen LogP contribution < -0.4 is 5.32 Å². The van der Waals surface area contributed by atoms with Crippen molar-refractivity contribution in [1.29, 1.82) is 0 Å². The van der Waals surface area contributed by atoms with E-state index in [0.717, 1.165) is 6.42 Å². The van der Waals surface area contributed by atoms with Crippen molar-refractivity contribution in [2.24, 2.45) is 0 Å². The number of amides is 1. The van der Waals surface area contributed by atoms with E-state index in [-0.39, 0.29) is 18.6 Å². The third kappa shape index (κ3) is 13.2. The average Bonchev–Trinajstić information content (AvgIpc) is 2.34. The molecule has 0 aromatic heterocycles. The minimum Gasteiger partial charge on any atom is -0.444 e. The Hall–Kier alpha value is -0.980. The molecule has 0 aliphatic rings. The summed E-state index contributed by atoms with van der Waals surface area (Å²) in [5, 5.41) is 3.19. The van der Waals surface area contributed by atoms with Gasteiger partial charge in [0.1, 0.15) is 5.60 Å². The summed E-state index contributed by atoms with van der Waals surface area (Å²) < 4.78 is 41.5. The van der Waals surface area contributed by atoms with Gasteiger partial charge in [0.05, 0.1) is 0 Å². The number of halogens is 3. The summed E-state index contributed by atoms with van der Waals surface area (Å²) in [6, 6.07) is 0.0361. The fraction of sp³-hybridized carbons (Fsp3) is 0.938. The Morgan fingerprint density at radius 2 is 1.83 bits per heavy atom. The number of rotatable bonds is 9. The van der Waals surface area contributed by atoms with Crippen molar-refractivity contribution in [3.8, 4) is 0 Å². The first-order valence-corrected chi connectivity index (χ1v) is 8.22. The molecule has 1 atom stereocenters. The Labute approximate surface area is 137 Å². The van der Waals surface area contributed by atoms with Gasteiger partial charge < -0.3 is 15.0 Å². The van der Waals surface area contributed by atoms with Gasteiger partial charge in [0.25, 0.3) is 0 Å². The SMILES string of the molecule is CCN(CCCNC(C)CCCC(F)(F)F)C(=O)OC(C)(C)C. The standard InChI is InChI=1S/C16H31F3N2O2/c1-6-21(14(22)23-15(3,4)5)12-8-11-20-13(2)9-7-10-16(17,18)19/h13,20H,6-12H2,1-5H3. The Morgan fingerprint density at radius 3 is 2.30 bits per heavy atom. The summed E-state index contributed by atoms with van der Waals surface area (Å²) in [6.07, 6.45) is -3.79. The molecule has 7 heteroatoms. The van der Waals surface area contributed by atoms with Crippen LogP contribution in [-0.2, 0) is 4.74 Å². The fourth-order valence-corrected chi connectivity index (χ4v) is 2.03. The second-order valence-electron chi connectivity index (χ2n) is 6.78. The largest absolute Gasteiger partial charge is 0.444 e. The number of nitrogens with one attached hydrogen (secondary N) is 1. The molecule has 0 aromatic rings.